The second-order valence-electron chi connectivity index (χ2n) is 6.33. The molecule has 0 heterocycles. The van der Waals surface area contributed by atoms with Gasteiger partial charge in [-0.2, -0.15) is 0 Å². The highest BCUT2D eigenvalue weighted by Gasteiger charge is 2.18. The summed E-state index contributed by atoms with van der Waals surface area (Å²) in [6.45, 7) is 1.66. The number of carbonyl (C=O) groups is 2. The van der Waals surface area contributed by atoms with E-state index in [-0.39, 0.29) is 27.5 Å². The van der Waals surface area contributed by atoms with Crippen LogP contribution in [0.15, 0.2) is 60.7 Å². The number of non-ortho nitro benzene ring substituents is 1. The van der Waals surface area contributed by atoms with E-state index in [1.165, 1.54) is 36.4 Å². The minimum Gasteiger partial charge on any atom is -0.322 e. The van der Waals surface area contributed by atoms with Crippen LogP contribution < -0.4 is 10.6 Å². The number of benzene rings is 3. The number of rotatable bonds is 5. The molecule has 7 nitrogen and oxygen atoms in total. The SMILES string of the molecule is Cc1cc(F)ccc1NC(=O)c1ccccc1NC(=O)c1ccc([N+](=O)[O-])cc1Cl. The number of hydrogen-bond acceptors (Lipinski definition) is 4. The molecular weight excluding hydrogens is 413 g/mol. The summed E-state index contributed by atoms with van der Waals surface area (Å²) in [5.74, 6) is -1.55. The van der Waals surface area contributed by atoms with Crippen molar-refractivity contribution in [2.45, 2.75) is 6.92 Å². The van der Waals surface area contributed by atoms with Crippen molar-refractivity contribution in [2.75, 3.05) is 10.6 Å². The highest BCUT2D eigenvalue weighted by molar-refractivity contribution is 6.34. The molecule has 0 fully saturated rings. The Morgan fingerprint density at radius 2 is 1.60 bits per heavy atom. The highest BCUT2D eigenvalue weighted by Crippen LogP contribution is 2.25. The summed E-state index contributed by atoms with van der Waals surface area (Å²) in [6.07, 6.45) is 0. The van der Waals surface area contributed by atoms with Crippen LogP contribution in [0.1, 0.15) is 26.3 Å². The second kappa shape index (κ2) is 8.71. The average Bonchev–Trinajstić information content (AvgIpc) is 2.70. The summed E-state index contributed by atoms with van der Waals surface area (Å²) in [7, 11) is 0. The van der Waals surface area contributed by atoms with Gasteiger partial charge in [-0.15, -0.1) is 0 Å². The second-order valence-corrected chi connectivity index (χ2v) is 6.74. The summed E-state index contributed by atoms with van der Waals surface area (Å²) in [4.78, 5) is 35.5. The molecule has 3 aromatic carbocycles. The smallest absolute Gasteiger partial charge is 0.270 e. The van der Waals surface area contributed by atoms with Gasteiger partial charge < -0.3 is 10.6 Å². The van der Waals surface area contributed by atoms with E-state index >= 15 is 0 Å². The minimum atomic E-state index is -0.631. The van der Waals surface area contributed by atoms with Gasteiger partial charge in [-0.05, 0) is 48.9 Å². The van der Waals surface area contributed by atoms with Gasteiger partial charge in [-0.25, -0.2) is 4.39 Å². The molecule has 9 heteroatoms. The Balaban J connectivity index is 1.84. The molecular formula is C21H15ClFN3O4. The molecule has 0 unspecified atom stereocenters. The minimum absolute atomic E-state index is 0.0202. The largest absolute Gasteiger partial charge is 0.322 e. The number of nitro groups is 1. The summed E-state index contributed by atoms with van der Waals surface area (Å²) in [6, 6.07) is 13.7. The Bertz CT molecular complexity index is 1170. The van der Waals surface area contributed by atoms with Crippen molar-refractivity contribution in [3.63, 3.8) is 0 Å². The lowest BCUT2D eigenvalue weighted by atomic mass is 10.1. The number of carbonyl (C=O) groups excluding carboxylic acids is 2. The van der Waals surface area contributed by atoms with E-state index in [9.17, 15) is 24.1 Å². The molecule has 30 heavy (non-hydrogen) atoms. The maximum absolute atomic E-state index is 13.3. The standard InChI is InChI=1S/C21H15ClFN3O4/c1-12-10-13(23)6-9-18(12)24-21(28)16-4-2-3-5-19(16)25-20(27)15-8-7-14(26(29)30)11-17(15)22/h2-11H,1H3,(H,24,28)(H,25,27). The van der Waals surface area contributed by atoms with Gasteiger partial charge in [0.05, 0.1) is 26.8 Å². The molecule has 0 saturated heterocycles. The van der Waals surface area contributed by atoms with E-state index in [1.54, 1.807) is 19.1 Å². The van der Waals surface area contributed by atoms with Crippen LogP contribution in [-0.2, 0) is 0 Å². The van der Waals surface area contributed by atoms with Crippen molar-refractivity contribution in [1.29, 1.82) is 0 Å². The molecule has 3 aromatic rings. The summed E-state index contributed by atoms with van der Waals surface area (Å²) in [5.41, 5.74) is 1.14. The van der Waals surface area contributed by atoms with Gasteiger partial charge in [-0.3, -0.25) is 19.7 Å². The van der Waals surface area contributed by atoms with Crippen molar-refractivity contribution in [1.82, 2.24) is 0 Å². The zero-order chi connectivity index (χ0) is 21.8. The quantitative estimate of drug-likeness (QED) is 0.431. The third kappa shape index (κ3) is 4.61. The molecule has 0 radical (unpaired) electrons. The van der Waals surface area contributed by atoms with E-state index in [4.69, 9.17) is 11.6 Å². The normalized spacial score (nSPS) is 10.4. The van der Waals surface area contributed by atoms with Crippen LogP contribution in [-0.4, -0.2) is 16.7 Å². The molecule has 0 bridgehead atoms. The summed E-state index contributed by atoms with van der Waals surface area (Å²) >= 11 is 6.00. The van der Waals surface area contributed by atoms with Gasteiger partial charge in [0.15, 0.2) is 0 Å². The van der Waals surface area contributed by atoms with E-state index in [0.29, 0.717) is 11.3 Å². The van der Waals surface area contributed by atoms with E-state index in [0.717, 1.165) is 12.1 Å². The number of nitrogens with zero attached hydrogens (tertiary/aromatic N) is 1. The van der Waals surface area contributed by atoms with Gasteiger partial charge in [0, 0.05) is 17.8 Å². The van der Waals surface area contributed by atoms with Crippen molar-refractivity contribution in [2.24, 2.45) is 0 Å². The fourth-order valence-electron chi connectivity index (χ4n) is 2.74. The average molecular weight is 428 g/mol. The van der Waals surface area contributed by atoms with Crippen molar-refractivity contribution in [3.05, 3.63) is 98.3 Å². The first-order valence-corrected chi connectivity index (χ1v) is 9.06. The third-order valence-corrected chi connectivity index (χ3v) is 4.58. The number of amides is 2. The molecule has 0 aliphatic rings. The van der Waals surface area contributed by atoms with Crippen LogP contribution in [0.2, 0.25) is 5.02 Å². The fraction of sp³-hybridized carbons (Fsp3) is 0.0476. The molecule has 2 N–H and O–H groups in total. The van der Waals surface area contributed by atoms with Crippen LogP contribution in [0.4, 0.5) is 21.5 Å². The lowest BCUT2D eigenvalue weighted by Crippen LogP contribution is -2.19. The Morgan fingerprint density at radius 3 is 2.27 bits per heavy atom. The number of nitrogens with one attached hydrogen (secondary N) is 2. The van der Waals surface area contributed by atoms with Gasteiger partial charge in [0.2, 0.25) is 0 Å². The van der Waals surface area contributed by atoms with Crippen molar-refractivity contribution >= 4 is 40.5 Å². The Kier molecular flexibility index (Phi) is 6.08. The lowest BCUT2D eigenvalue weighted by Gasteiger charge is -2.13. The van der Waals surface area contributed by atoms with Crippen molar-refractivity contribution < 1.29 is 18.9 Å². The molecule has 3 rings (SSSR count). The van der Waals surface area contributed by atoms with Gasteiger partial charge in [0.1, 0.15) is 5.82 Å². The van der Waals surface area contributed by atoms with Crippen molar-refractivity contribution in [3.8, 4) is 0 Å². The van der Waals surface area contributed by atoms with Crippen LogP contribution in [0.5, 0.6) is 0 Å². The number of para-hydroxylation sites is 1. The molecule has 2 amide bonds. The number of halogens is 2. The predicted octanol–water partition coefficient (Wildman–Crippen LogP) is 5.20. The van der Waals surface area contributed by atoms with Crippen LogP contribution in [0.3, 0.4) is 0 Å². The van der Waals surface area contributed by atoms with Crippen LogP contribution in [0, 0.1) is 22.9 Å². The molecule has 0 aliphatic carbocycles. The molecule has 0 saturated carbocycles. The monoisotopic (exact) mass is 427 g/mol. The zero-order valence-electron chi connectivity index (χ0n) is 15.6. The maximum Gasteiger partial charge on any atom is 0.270 e. The summed E-state index contributed by atoms with van der Waals surface area (Å²) < 4.78 is 13.3. The Morgan fingerprint density at radius 1 is 0.933 bits per heavy atom. The van der Waals surface area contributed by atoms with E-state index in [1.807, 2.05) is 0 Å². The first-order valence-electron chi connectivity index (χ1n) is 8.68. The van der Waals surface area contributed by atoms with E-state index < -0.39 is 22.6 Å². The molecule has 0 aromatic heterocycles. The molecule has 0 spiro atoms. The van der Waals surface area contributed by atoms with Crippen LogP contribution in [0.25, 0.3) is 0 Å². The molecule has 152 valence electrons. The van der Waals surface area contributed by atoms with E-state index in [2.05, 4.69) is 10.6 Å². The zero-order valence-corrected chi connectivity index (χ0v) is 16.4. The predicted molar refractivity (Wildman–Crippen MR) is 112 cm³/mol. The third-order valence-electron chi connectivity index (χ3n) is 4.26. The van der Waals surface area contributed by atoms with Gasteiger partial charge in [0.25, 0.3) is 17.5 Å². The number of hydrogen-bond donors (Lipinski definition) is 2. The number of nitro benzene ring substituents is 1. The van der Waals surface area contributed by atoms with Gasteiger partial charge >= 0.3 is 0 Å². The topological polar surface area (TPSA) is 101 Å². The molecule has 0 atom stereocenters. The molecule has 0 aliphatic heterocycles. The lowest BCUT2D eigenvalue weighted by molar-refractivity contribution is -0.384. The number of anilines is 2. The Hall–Kier alpha value is -3.78. The maximum atomic E-state index is 13.3. The highest BCUT2D eigenvalue weighted by atomic mass is 35.5. The summed E-state index contributed by atoms with van der Waals surface area (Å²) in [5, 5.41) is 16.0. The number of aryl methyl sites for hydroxylation is 1. The first kappa shape index (κ1) is 20.9. The van der Waals surface area contributed by atoms with Gasteiger partial charge in [-0.1, -0.05) is 23.7 Å². The van der Waals surface area contributed by atoms with Crippen LogP contribution >= 0.6 is 11.6 Å². The first-order chi connectivity index (χ1) is 14.3. The Labute approximate surface area is 175 Å². The fourth-order valence-corrected chi connectivity index (χ4v) is 3.00.